The smallest absolute Gasteiger partial charge is 0.151 e. The first-order chi connectivity index (χ1) is 5.86. The van der Waals surface area contributed by atoms with Crippen LogP contribution in [0, 0.1) is 11.3 Å². The molecule has 4 nitrogen and oxygen atoms in total. The minimum absolute atomic E-state index is 0.0145. The zero-order chi connectivity index (χ0) is 10.6. The van der Waals surface area contributed by atoms with Gasteiger partial charge in [-0.2, -0.15) is 0 Å². The lowest BCUT2D eigenvalue weighted by Crippen LogP contribution is -2.48. The topological polar surface area (TPSA) is 79.0 Å². The Morgan fingerprint density at radius 1 is 1.38 bits per heavy atom. The summed E-state index contributed by atoms with van der Waals surface area (Å²) in [4.78, 5) is 10.9. The van der Waals surface area contributed by atoms with Crippen molar-refractivity contribution >= 4 is 11.6 Å². The molecule has 0 saturated carbocycles. The van der Waals surface area contributed by atoms with Gasteiger partial charge in [-0.3, -0.25) is 10.2 Å². The predicted octanol–water partition coefficient (Wildman–Crippen LogP) is 0.514. The molecule has 76 valence electrons. The van der Waals surface area contributed by atoms with Crippen molar-refractivity contribution < 1.29 is 4.79 Å². The molecule has 0 rings (SSSR count). The summed E-state index contributed by atoms with van der Waals surface area (Å²) in [6, 6.07) is -0.640. The van der Waals surface area contributed by atoms with Crippen molar-refractivity contribution in [3.8, 4) is 0 Å². The summed E-state index contributed by atoms with van der Waals surface area (Å²) >= 11 is 0. The van der Waals surface area contributed by atoms with E-state index in [1.807, 2.05) is 13.8 Å². The zero-order valence-electron chi connectivity index (χ0n) is 8.72. The molecular weight excluding hydrogens is 166 g/mol. The number of hydrogen-bond donors (Lipinski definition) is 3. The molecular formula is C9H19N3O. The van der Waals surface area contributed by atoms with Gasteiger partial charge in [0.05, 0.1) is 12.1 Å². The molecule has 0 aromatic carbocycles. The predicted molar refractivity (Wildman–Crippen MR) is 53.8 cm³/mol. The van der Waals surface area contributed by atoms with Gasteiger partial charge in [0.2, 0.25) is 0 Å². The van der Waals surface area contributed by atoms with Gasteiger partial charge in [0, 0.05) is 0 Å². The lowest BCUT2D eigenvalue weighted by molar-refractivity contribution is -0.118. The van der Waals surface area contributed by atoms with Crippen molar-refractivity contribution in [2.45, 2.75) is 39.8 Å². The highest BCUT2D eigenvalue weighted by atomic mass is 16.1. The van der Waals surface area contributed by atoms with E-state index < -0.39 is 0 Å². The number of carbonyl (C=O) groups is 1. The first kappa shape index (κ1) is 12.1. The first-order valence-electron chi connectivity index (χ1n) is 4.47. The van der Waals surface area contributed by atoms with Crippen molar-refractivity contribution in [3.05, 3.63) is 0 Å². The second-order valence-electron chi connectivity index (χ2n) is 3.66. The molecule has 2 atom stereocenters. The van der Waals surface area contributed by atoms with Crippen molar-refractivity contribution in [1.82, 2.24) is 5.32 Å². The molecule has 4 heteroatoms. The molecule has 0 aromatic rings. The molecule has 2 unspecified atom stereocenters. The van der Waals surface area contributed by atoms with E-state index >= 15 is 0 Å². The van der Waals surface area contributed by atoms with Crippen LogP contribution in [0.15, 0.2) is 0 Å². The van der Waals surface area contributed by atoms with Crippen LogP contribution in [0.1, 0.15) is 27.7 Å². The number of Topliss-reactive ketones (excluding diaryl/α,β-unsaturated/α-hetero) is 1. The van der Waals surface area contributed by atoms with Gasteiger partial charge in [-0.1, -0.05) is 13.8 Å². The van der Waals surface area contributed by atoms with Crippen LogP contribution in [-0.4, -0.2) is 23.7 Å². The van der Waals surface area contributed by atoms with Gasteiger partial charge in [-0.05, 0) is 19.8 Å². The fraction of sp³-hybridized carbons (Fsp3) is 0.778. The second-order valence-corrected chi connectivity index (χ2v) is 3.66. The molecule has 0 bridgehead atoms. The first-order valence-corrected chi connectivity index (χ1v) is 4.47. The lowest BCUT2D eigenvalue weighted by atomic mass is 10.0. The third-order valence-electron chi connectivity index (χ3n) is 2.03. The summed E-state index contributed by atoms with van der Waals surface area (Å²) in [5.74, 6) is 0.456. The summed E-state index contributed by atoms with van der Waals surface area (Å²) in [5.41, 5.74) is 5.71. The Balaban J connectivity index is 4.08. The molecule has 0 fully saturated rings. The number of carbonyl (C=O) groups excluding carboxylic acids is 1. The Hall–Kier alpha value is -0.900. The average Bonchev–Trinajstić information content (AvgIpc) is 2.02. The largest absolute Gasteiger partial charge is 0.363 e. The van der Waals surface area contributed by atoms with Gasteiger partial charge in [0.25, 0.3) is 0 Å². The molecule has 0 spiro atoms. The SMILES string of the molecule is CC(=O)C(C)NC(=N)C(N)C(C)C. The Labute approximate surface area is 79.4 Å². The van der Waals surface area contributed by atoms with Crippen molar-refractivity contribution in [2.24, 2.45) is 11.7 Å². The van der Waals surface area contributed by atoms with E-state index in [1.54, 1.807) is 6.92 Å². The van der Waals surface area contributed by atoms with E-state index in [0.29, 0.717) is 0 Å². The lowest BCUT2D eigenvalue weighted by Gasteiger charge is -2.20. The number of rotatable bonds is 4. The van der Waals surface area contributed by atoms with Crippen molar-refractivity contribution in [2.75, 3.05) is 0 Å². The summed E-state index contributed by atoms with van der Waals surface area (Å²) in [7, 11) is 0. The number of nitrogens with one attached hydrogen (secondary N) is 2. The van der Waals surface area contributed by atoms with Gasteiger partial charge in [-0.15, -0.1) is 0 Å². The van der Waals surface area contributed by atoms with E-state index in [9.17, 15) is 4.79 Å². The van der Waals surface area contributed by atoms with Crippen LogP contribution in [-0.2, 0) is 4.79 Å². The third kappa shape index (κ3) is 4.03. The van der Waals surface area contributed by atoms with E-state index in [0.717, 1.165) is 0 Å². The average molecular weight is 185 g/mol. The highest BCUT2D eigenvalue weighted by Crippen LogP contribution is 1.98. The van der Waals surface area contributed by atoms with Crippen molar-refractivity contribution in [1.29, 1.82) is 5.41 Å². The molecule has 0 aliphatic rings. The van der Waals surface area contributed by atoms with E-state index in [2.05, 4.69) is 5.32 Å². The van der Waals surface area contributed by atoms with Crippen LogP contribution in [0.5, 0.6) is 0 Å². The number of amidine groups is 1. The fourth-order valence-electron chi connectivity index (χ4n) is 0.764. The van der Waals surface area contributed by atoms with Crippen LogP contribution in [0.3, 0.4) is 0 Å². The maximum absolute atomic E-state index is 10.9. The van der Waals surface area contributed by atoms with E-state index in [1.165, 1.54) is 6.92 Å². The van der Waals surface area contributed by atoms with Gasteiger partial charge >= 0.3 is 0 Å². The van der Waals surface area contributed by atoms with E-state index in [-0.39, 0.29) is 29.6 Å². The number of nitrogens with two attached hydrogens (primary N) is 1. The molecule has 0 aliphatic carbocycles. The zero-order valence-corrected chi connectivity index (χ0v) is 8.72. The van der Waals surface area contributed by atoms with Crippen LogP contribution < -0.4 is 11.1 Å². The fourth-order valence-corrected chi connectivity index (χ4v) is 0.764. The normalized spacial score (nSPS) is 15.2. The minimum Gasteiger partial charge on any atom is -0.363 e. The Morgan fingerprint density at radius 3 is 2.15 bits per heavy atom. The van der Waals surface area contributed by atoms with Gasteiger partial charge in [-0.25, -0.2) is 0 Å². The minimum atomic E-state index is -0.322. The van der Waals surface area contributed by atoms with Crippen LogP contribution in [0.25, 0.3) is 0 Å². The molecule has 0 radical (unpaired) electrons. The molecule has 0 aromatic heterocycles. The summed E-state index contributed by atoms with van der Waals surface area (Å²) in [5, 5.41) is 10.3. The standard InChI is InChI=1S/C9H19N3O/c1-5(2)8(10)9(11)12-6(3)7(4)13/h5-6,8H,10H2,1-4H3,(H2,11,12). The molecule has 4 N–H and O–H groups in total. The highest BCUT2D eigenvalue weighted by Gasteiger charge is 2.16. The second kappa shape index (κ2) is 4.97. The quantitative estimate of drug-likeness (QED) is 0.441. The van der Waals surface area contributed by atoms with Gasteiger partial charge < -0.3 is 11.1 Å². The monoisotopic (exact) mass is 185 g/mol. The molecule has 13 heavy (non-hydrogen) atoms. The summed E-state index contributed by atoms with van der Waals surface area (Å²) in [6.07, 6.45) is 0. The Kier molecular flexibility index (Phi) is 4.62. The Bertz CT molecular complexity index is 201. The van der Waals surface area contributed by atoms with E-state index in [4.69, 9.17) is 11.1 Å². The maximum atomic E-state index is 10.9. The van der Waals surface area contributed by atoms with Crippen LogP contribution >= 0.6 is 0 Å². The molecule has 0 heterocycles. The van der Waals surface area contributed by atoms with Crippen molar-refractivity contribution in [3.63, 3.8) is 0 Å². The number of ketones is 1. The van der Waals surface area contributed by atoms with Crippen LogP contribution in [0.4, 0.5) is 0 Å². The highest BCUT2D eigenvalue weighted by molar-refractivity contribution is 5.90. The maximum Gasteiger partial charge on any atom is 0.151 e. The summed E-state index contributed by atoms with van der Waals surface area (Å²) in [6.45, 7) is 7.11. The molecule has 0 aliphatic heterocycles. The molecule has 0 saturated heterocycles. The van der Waals surface area contributed by atoms with Gasteiger partial charge in [0.1, 0.15) is 5.84 Å². The third-order valence-corrected chi connectivity index (χ3v) is 2.03. The Morgan fingerprint density at radius 2 is 1.85 bits per heavy atom. The summed E-state index contributed by atoms with van der Waals surface area (Å²) < 4.78 is 0. The molecule has 0 amide bonds. The van der Waals surface area contributed by atoms with Gasteiger partial charge in [0.15, 0.2) is 5.78 Å². The van der Waals surface area contributed by atoms with Crippen LogP contribution in [0.2, 0.25) is 0 Å². The number of hydrogen-bond acceptors (Lipinski definition) is 3.